The largest absolute Gasteiger partial charge is 0.338 e. The van der Waals surface area contributed by atoms with Crippen molar-refractivity contribution in [1.29, 1.82) is 0 Å². The molecule has 0 aromatic carbocycles. The van der Waals surface area contributed by atoms with Crippen molar-refractivity contribution in [2.75, 3.05) is 20.1 Å². The Balaban J connectivity index is 1.62. The first-order chi connectivity index (χ1) is 8.75. The number of rotatable bonds is 6. The Morgan fingerprint density at radius 1 is 1.33 bits per heavy atom. The Morgan fingerprint density at radius 2 is 2.11 bits per heavy atom. The zero-order chi connectivity index (χ0) is 12.8. The van der Waals surface area contributed by atoms with Crippen LogP contribution in [0.3, 0.4) is 0 Å². The topological polar surface area (TPSA) is 21.1 Å². The molecule has 0 N–H and O–H groups in total. The van der Waals surface area contributed by atoms with Crippen LogP contribution in [-0.2, 0) is 13.5 Å². The summed E-state index contributed by atoms with van der Waals surface area (Å²) in [7, 11) is 4.35. The van der Waals surface area contributed by atoms with E-state index in [1.54, 1.807) is 0 Å². The van der Waals surface area contributed by atoms with Crippen LogP contribution < -0.4 is 0 Å². The van der Waals surface area contributed by atoms with E-state index in [1.165, 1.54) is 57.4 Å². The normalized spacial score (nSPS) is 17.5. The van der Waals surface area contributed by atoms with Crippen LogP contribution in [0.2, 0.25) is 0 Å². The molecule has 0 unspecified atom stereocenters. The van der Waals surface area contributed by atoms with Gasteiger partial charge in [0.2, 0.25) is 0 Å². The van der Waals surface area contributed by atoms with Gasteiger partial charge in [0.05, 0.1) is 0 Å². The third-order valence-electron chi connectivity index (χ3n) is 4.16. The summed E-state index contributed by atoms with van der Waals surface area (Å²) in [4.78, 5) is 6.89. The maximum Gasteiger partial charge on any atom is 0.108 e. The highest BCUT2D eigenvalue weighted by atomic mass is 15.1. The smallest absolute Gasteiger partial charge is 0.108 e. The first-order valence-electron chi connectivity index (χ1n) is 7.40. The van der Waals surface area contributed by atoms with Crippen molar-refractivity contribution in [3.05, 3.63) is 18.2 Å². The molecule has 0 spiro atoms. The summed E-state index contributed by atoms with van der Waals surface area (Å²) < 4.78 is 2.13. The molecular weight excluding hydrogens is 222 g/mol. The standard InChI is InChI=1S/C15H27N3/c1-17(13-14-7-4-3-5-8-14)11-6-9-15-16-10-12-18(15)2/h10,12,14H,3-9,11,13H2,1-2H3. The molecule has 1 saturated carbocycles. The lowest BCUT2D eigenvalue weighted by Crippen LogP contribution is -2.28. The Kier molecular flexibility index (Phi) is 5.24. The van der Waals surface area contributed by atoms with E-state index in [1.807, 2.05) is 12.4 Å². The van der Waals surface area contributed by atoms with E-state index in [-0.39, 0.29) is 0 Å². The highest BCUT2D eigenvalue weighted by molar-refractivity contribution is 4.91. The van der Waals surface area contributed by atoms with Crippen LogP contribution in [-0.4, -0.2) is 34.6 Å². The minimum Gasteiger partial charge on any atom is -0.338 e. The van der Waals surface area contributed by atoms with Gasteiger partial charge in [-0.15, -0.1) is 0 Å². The molecule has 0 aliphatic heterocycles. The Bertz CT molecular complexity index is 339. The predicted molar refractivity (Wildman–Crippen MR) is 75.6 cm³/mol. The van der Waals surface area contributed by atoms with Crippen molar-refractivity contribution >= 4 is 0 Å². The minimum absolute atomic E-state index is 0.955. The van der Waals surface area contributed by atoms with E-state index in [4.69, 9.17) is 0 Å². The fraction of sp³-hybridized carbons (Fsp3) is 0.800. The number of imidazole rings is 1. The van der Waals surface area contributed by atoms with Crippen LogP contribution >= 0.6 is 0 Å². The van der Waals surface area contributed by atoms with Gasteiger partial charge in [0.1, 0.15) is 5.82 Å². The molecule has 1 aromatic rings. The first kappa shape index (κ1) is 13.6. The Labute approximate surface area is 111 Å². The maximum absolute atomic E-state index is 4.37. The average Bonchev–Trinajstić information content (AvgIpc) is 2.76. The van der Waals surface area contributed by atoms with Crippen LogP contribution in [0.15, 0.2) is 12.4 Å². The molecule has 1 heterocycles. The number of hydrogen-bond acceptors (Lipinski definition) is 2. The fourth-order valence-corrected chi connectivity index (χ4v) is 3.05. The van der Waals surface area contributed by atoms with Crippen LogP contribution in [0.4, 0.5) is 0 Å². The zero-order valence-corrected chi connectivity index (χ0v) is 11.9. The number of aromatic nitrogens is 2. The summed E-state index contributed by atoms with van der Waals surface area (Å²) in [6.45, 7) is 2.49. The zero-order valence-electron chi connectivity index (χ0n) is 11.9. The molecule has 0 atom stereocenters. The van der Waals surface area contributed by atoms with Gasteiger partial charge in [0, 0.05) is 32.4 Å². The summed E-state index contributed by atoms with van der Waals surface area (Å²) in [6.07, 6.45) is 13.5. The van der Waals surface area contributed by atoms with Gasteiger partial charge in [-0.3, -0.25) is 0 Å². The number of nitrogens with zero attached hydrogens (tertiary/aromatic N) is 3. The van der Waals surface area contributed by atoms with Crippen LogP contribution in [0.25, 0.3) is 0 Å². The monoisotopic (exact) mass is 249 g/mol. The molecule has 0 radical (unpaired) electrons. The summed E-state index contributed by atoms with van der Waals surface area (Å²) >= 11 is 0. The first-order valence-corrected chi connectivity index (χ1v) is 7.40. The lowest BCUT2D eigenvalue weighted by molar-refractivity contribution is 0.231. The van der Waals surface area contributed by atoms with E-state index in [0.29, 0.717) is 0 Å². The van der Waals surface area contributed by atoms with E-state index in [0.717, 1.165) is 12.3 Å². The Morgan fingerprint density at radius 3 is 2.78 bits per heavy atom. The Hall–Kier alpha value is -0.830. The van der Waals surface area contributed by atoms with Crippen molar-refractivity contribution in [2.45, 2.75) is 44.9 Å². The van der Waals surface area contributed by atoms with Gasteiger partial charge >= 0.3 is 0 Å². The molecule has 1 aromatic heterocycles. The summed E-state index contributed by atoms with van der Waals surface area (Å²) in [6, 6.07) is 0. The second-order valence-corrected chi connectivity index (χ2v) is 5.82. The SMILES string of the molecule is CN(CCCc1nccn1C)CC1CCCCC1. The van der Waals surface area contributed by atoms with Crippen LogP contribution in [0.5, 0.6) is 0 Å². The molecule has 3 heteroatoms. The van der Waals surface area contributed by atoms with Crippen molar-refractivity contribution in [3.8, 4) is 0 Å². The van der Waals surface area contributed by atoms with Crippen molar-refractivity contribution in [1.82, 2.24) is 14.5 Å². The van der Waals surface area contributed by atoms with Crippen LogP contribution in [0.1, 0.15) is 44.3 Å². The van der Waals surface area contributed by atoms with Gasteiger partial charge in [-0.1, -0.05) is 19.3 Å². The minimum atomic E-state index is 0.955. The van der Waals surface area contributed by atoms with Gasteiger partial charge in [-0.05, 0) is 38.8 Å². The summed E-state index contributed by atoms with van der Waals surface area (Å²) in [5, 5.41) is 0. The van der Waals surface area contributed by atoms with Gasteiger partial charge in [0.25, 0.3) is 0 Å². The molecule has 102 valence electrons. The average molecular weight is 249 g/mol. The lowest BCUT2D eigenvalue weighted by Gasteiger charge is -2.26. The molecule has 1 aliphatic rings. The predicted octanol–water partition coefficient (Wildman–Crippen LogP) is 2.86. The highest BCUT2D eigenvalue weighted by Crippen LogP contribution is 2.24. The van der Waals surface area contributed by atoms with Gasteiger partial charge in [0.15, 0.2) is 0 Å². The van der Waals surface area contributed by atoms with E-state index >= 15 is 0 Å². The molecule has 0 saturated heterocycles. The summed E-state index contributed by atoms with van der Waals surface area (Å²) in [5.41, 5.74) is 0. The molecule has 1 fully saturated rings. The molecule has 2 rings (SSSR count). The van der Waals surface area contributed by atoms with E-state index in [9.17, 15) is 0 Å². The van der Waals surface area contributed by atoms with Gasteiger partial charge < -0.3 is 9.47 Å². The quantitative estimate of drug-likeness (QED) is 0.773. The molecule has 18 heavy (non-hydrogen) atoms. The van der Waals surface area contributed by atoms with Crippen LogP contribution in [0, 0.1) is 5.92 Å². The molecule has 0 amide bonds. The van der Waals surface area contributed by atoms with Crippen molar-refractivity contribution in [3.63, 3.8) is 0 Å². The lowest BCUT2D eigenvalue weighted by atomic mass is 9.89. The number of aryl methyl sites for hydroxylation is 2. The molecule has 1 aliphatic carbocycles. The third-order valence-corrected chi connectivity index (χ3v) is 4.16. The maximum atomic E-state index is 4.37. The molecule has 3 nitrogen and oxygen atoms in total. The second kappa shape index (κ2) is 6.93. The number of hydrogen-bond donors (Lipinski definition) is 0. The summed E-state index contributed by atoms with van der Waals surface area (Å²) in [5.74, 6) is 2.16. The van der Waals surface area contributed by atoms with Gasteiger partial charge in [-0.25, -0.2) is 4.98 Å². The molecule has 0 bridgehead atoms. The second-order valence-electron chi connectivity index (χ2n) is 5.82. The van der Waals surface area contributed by atoms with Crippen molar-refractivity contribution < 1.29 is 0 Å². The van der Waals surface area contributed by atoms with E-state index in [2.05, 4.69) is 28.5 Å². The highest BCUT2D eigenvalue weighted by Gasteiger charge is 2.15. The van der Waals surface area contributed by atoms with Crippen molar-refractivity contribution in [2.24, 2.45) is 13.0 Å². The van der Waals surface area contributed by atoms with E-state index < -0.39 is 0 Å². The third kappa shape index (κ3) is 4.13. The van der Waals surface area contributed by atoms with Gasteiger partial charge in [-0.2, -0.15) is 0 Å². The molecular formula is C15H27N3. The fourth-order valence-electron chi connectivity index (χ4n) is 3.05.